The molecule has 1 nitrogen and oxygen atoms in total. The summed E-state index contributed by atoms with van der Waals surface area (Å²) in [5, 5.41) is 3.90. The monoisotopic (exact) mass is 145 g/mol. The van der Waals surface area contributed by atoms with Crippen LogP contribution in [0.2, 0.25) is 0 Å². The molecule has 52 valence electrons. The number of hydrogen-bond donors (Lipinski definition) is 1. The highest BCUT2D eigenvalue weighted by Crippen LogP contribution is 2.41. The molecule has 2 rings (SSSR count). The molecular formula is C7H12ClN. The van der Waals surface area contributed by atoms with Crippen LogP contribution in [0.4, 0.5) is 0 Å². The molecule has 0 amide bonds. The van der Waals surface area contributed by atoms with Crippen LogP contribution >= 0.6 is 11.6 Å². The summed E-state index contributed by atoms with van der Waals surface area (Å²) >= 11 is 5.97. The Balaban J connectivity index is 1.93. The van der Waals surface area contributed by atoms with E-state index in [2.05, 4.69) is 5.32 Å². The lowest BCUT2D eigenvalue weighted by Gasteiger charge is -1.96. The van der Waals surface area contributed by atoms with E-state index in [1.807, 2.05) is 0 Å². The molecular weight excluding hydrogens is 134 g/mol. The van der Waals surface area contributed by atoms with Crippen molar-refractivity contribution in [3.8, 4) is 0 Å². The first kappa shape index (κ1) is 5.99. The Morgan fingerprint density at radius 2 is 2.22 bits per heavy atom. The Bertz CT molecular complexity index is 103. The van der Waals surface area contributed by atoms with Gasteiger partial charge < -0.3 is 5.32 Å². The van der Waals surface area contributed by atoms with Crippen LogP contribution in [0.25, 0.3) is 0 Å². The van der Waals surface area contributed by atoms with Gasteiger partial charge in [-0.25, -0.2) is 0 Å². The second-order valence-corrected chi connectivity index (χ2v) is 3.59. The van der Waals surface area contributed by atoms with E-state index in [0.29, 0.717) is 11.4 Å². The van der Waals surface area contributed by atoms with Gasteiger partial charge in [-0.1, -0.05) is 6.42 Å². The summed E-state index contributed by atoms with van der Waals surface area (Å²) in [5.74, 6) is 0.814. The van der Waals surface area contributed by atoms with Crippen LogP contribution in [-0.2, 0) is 0 Å². The van der Waals surface area contributed by atoms with E-state index in [1.54, 1.807) is 0 Å². The van der Waals surface area contributed by atoms with Gasteiger partial charge in [0.2, 0.25) is 0 Å². The van der Waals surface area contributed by atoms with Gasteiger partial charge in [-0.05, 0) is 25.3 Å². The van der Waals surface area contributed by atoms with Crippen molar-refractivity contribution in [1.82, 2.24) is 5.32 Å². The Kier molecular flexibility index (Phi) is 1.42. The number of rotatable bonds is 0. The van der Waals surface area contributed by atoms with Crippen molar-refractivity contribution in [2.45, 2.75) is 30.7 Å². The van der Waals surface area contributed by atoms with Gasteiger partial charge in [0.25, 0.3) is 0 Å². The number of nitrogens with one attached hydrogen (secondary N) is 1. The molecule has 1 aliphatic heterocycles. The quantitative estimate of drug-likeness (QED) is 0.508. The van der Waals surface area contributed by atoms with E-state index in [1.165, 1.54) is 25.8 Å². The first-order valence-electron chi connectivity index (χ1n) is 3.77. The average molecular weight is 146 g/mol. The van der Waals surface area contributed by atoms with Crippen molar-refractivity contribution in [2.75, 3.05) is 6.54 Å². The molecule has 2 fully saturated rings. The van der Waals surface area contributed by atoms with Gasteiger partial charge in [-0.2, -0.15) is 0 Å². The van der Waals surface area contributed by atoms with Gasteiger partial charge in [-0.15, -0.1) is 11.6 Å². The van der Waals surface area contributed by atoms with Crippen LogP contribution in [-0.4, -0.2) is 18.0 Å². The minimum absolute atomic E-state index is 0.463. The van der Waals surface area contributed by atoms with E-state index in [0.717, 1.165) is 5.92 Å². The molecule has 2 aliphatic rings. The summed E-state index contributed by atoms with van der Waals surface area (Å²) in [6.07, 6.45) is 4.07. The lowest BCUT2D eigenvalue weighted by atomic mass is 10.2. The fourth-order valence-corrected chi connectivity index (χ4v) is 2.18. The number of fused-ring (bicyclic) bond motifs is 1. The van der Waals surface area contributed by atoms with E-state index < -0.39 is 0 Å². The summed E-state index contributed by atoms with van der Waals surface area (Å²) < 4.78 is 0. The third-order valence-electron chi connectivity index (χ3n) is 2.42. The lowest BCUT2D eigenvalue weighted by Crippen LogP contribution is -2.18. The molecule has 1 aliphatic carbocycles. The second kappa shape index (κ2) is 2.14. The molecule has 0 aromatic rings. The van der Waals surface area contributed by atoms with E-state index in [4.69, 9.17) is 11.6 Å². The third kappa shape index (κ3) is 0.968. The third-order valence-corrected chi connectivity index (χ3v) is 3.01. The topological polar surface area (TPSA) is 12.0 Å². The van der Waals surface area contributed by atoms with Crippen LogP contribution in [0.15, 0.2) is 0 Å². The Morgan fingerprint density at radius 3 is 3.11 bits per heavy atom. The van der Waals surface area contributed by atoms with Crippen LogP contribution in [0.5, 0.6) is 0 Å². The summed E-state index contributed by atoms with van der Waals surface area (Å²) in [6.45, 7) is 1.18. The molecule has 0 aromatic carbocycles. The van der Waals surface area contributed by atoms with Gasteiger partial charge in [0.05, 0.1) is 5.38 Å². The van der Waals surface area contributed by atoms with Gasteiger partial charge in [0.1, 0.15) is 0 Å². The predicted molar refractivity (Wildman–Crippen MR) is 38.8 cm³/mol. The van der Waals surface area contributed by atoms with Crippen molar-refractivity contribution < 1.29 is 0 Å². The highest BCUT2D eigenvalue weighted by molar-refractivity contribution is 6.23. The molecule has 0 radical (unpaired) electrons. The van der Waals surface area contributed by atoms with E-state index in [-0.39, 0.29) is 0 Å². The largest absolute Gasteiger partial charge is 0.312 e. The van der Waals surface area contributed by atoms with Gasteiger partial charge in [0, 0.05) is 6.04 Å². The number of alkyl halides is 1. The smallest absolute Gasteiger partial charge is 0.0536 e. The van der Waals surface area contributed by atoms with Crippen molar-refractivity contribution >= 4 is 11.6 Å². The molecule has 0 spiro atoms. The van der Waals surface area contributed by atoms with Crippen LogP contribution < -0.4 is 5.32 Å². The zero-order valence-corrected chi connectivity index (χ0v) is 6.19. The van der Waals surface area contributed by atoms with Crippen molar-refractivity contribution in [3.63, 3.8) is 0 Å². The summed E-state index contributed by atoms with van der Waals surface area (Å²) in [4.78, 5) is 0. The maximum Gasteiger partial charge on any atom is 0.0536 e. The zero-order valence-electron chi connectivity index (χ0n) is 5.44. The van der Waals surface area contributed by atoms with Crippen LogP contribution in [0.1, 0.15) is 19.3 Å². The number of hydrogen-bond acceptors (Lipinski definition) is 1. The minimum Gasteiger partial charge on any atom is -0.312 e. The first-order valence-corrected chi connectivity index (χ1v) is 4.21. The number of halogens is 1. The molecule has 1 saturated heterocycles. The molecule has 1 saturated carbocycles. The van der Waals surface area contributed by atoms with Crippen molar-refractivity contribution in [3.05, 3.63) is 0 Å². The minimum atomic E-state index is 0.463. The lowest BCUT2D eigenvalue weighted by molar-refractivity contribution is 0.658. The first-order chi connectivity index (χ1) is 4.39. The normalized spacial score (nSPS) is 49.7. The van der Waals surface area contributed by atoms with Crippen molar-refractivity contribution in [2.24, 2.45) is 5.92 Å². The van der Waals surface area contributed by atoms with Crippen molar-refractivity contribution in [1.29, 1.82) is 0 Å². The maximum absolute atomic E-state index is 5.97. The molecule has 9 heavy (non-hydrogen) atoms. The SMILES string of the molecule is Cl[C@@H]1C2NCCCC[C@H]21. The molecule has 0 bridgehead atoms. The van der Waals surface area contributed by atoms with Gasteiger partial charge in [-0.3, -0.25) is 0 Å². The Labute approximate surface area is 60.8 Å². The fraction of sp³-hybridized carbons (Fsp3) is 1.00. The molecule has 1 unspecified atom stereocenters. The second-order valence-electron chi connectivity index (χ2n) is 3.08. The fourth-order valence-electron chi connectivity index (χ4n) is 1.71. The molecule has 3 atom stereocenters. The molecule has 1 heterocycles. The Morgan fingerprint density at radius 1 is 1.33 bits per heavy atom. The summed E-state index contributed by atoms with van der Waals surface area (Å²) in [5.41, 5.74) is 0. The predicted octanol–water partition coefficient (Wildman–Crippen LogP) is 1.37. The van der Waals surface area contributed by atoms with E-state index >= 15 is 0 Å². The molecule has 0 aromatic heterocycles. The maximum atomic E-state index is 5.97. The summed E-state index contributed by atoms with van der Waals surface area (Å²) in [6, 6.07) is 0.675. The van der Waals surface area contributed by atoms with Gasteiger partial charge in [0.15, 0.2) is 0 Å². The highest BCUT2D eigenvalue weighted by atomic mass is 35.5. The summed E-state index contributed by atoms with van der Waals surface area (Å²) in [7, 11) is 0. The van der Waals surface area contributed by atoms with E-state index in [9.17, 15) is 0 Å². The standard InChI is InChI=1S/C7H12ClN/c8-6-5-3-1-2-4-9-7(5)6/h5-7,9H,1-4H2/t5-,6-,7?/m0/s1. The highest BCUT2D eigenvalue weighted by Gasteiger charge is 2.48. The molecule has 2 heteroatoms. The Hall–Kier alpha value is 0.250. The average Bonchev–Trinajstić information content (AvgIpc) is 2.51. The zero-order chi connectivity index (χ0) is 6.27. The van der Waals surface area contributed by atoms with Gasteiger partial charge >= 0.3 is 0 Å². The molecule has 1 N–H and O–H groups in total. The van der Waals surface area contributed by atoms with Crippen LogP contribution in [0.3, 0.4) is 0 Å². The van der Waals surface area contributed by atoms with Crippen LogP contribution in [0, 0.1) is 5.92 Å².